The van der Waals surface area contributed by atoms with Gasteiger partial charge in [0, 0.05) is 37.0 Å². The van der Waals surface area contributed by atoms with Gasteiger partial charge in [-0.25, -0.2) is 9.98 Å². The lowest BCUT2D eigenvalue weighted by Crippen LogP contribution is -2.40. The quantitative estimate of drug-likeness (QED) is 0.409. The molecule has 1 fully saturated rings. The maximum atomic E-state index is 5.56. The number of aryl methyl sites for hydroxylation is 2. The molecule has 0 spiro atoms. The van der Waals surface area contributed by atoms with E-state index in [0.717, 1.165) is 49.5 Å². The van der Waals surface area contributed by atoms with Crippen LogP contribution in [0, 0.1) is 19.8 Å². The molecule has 0 amide bonds. The lowest BCUT2D eigenvalue weighted by Gasteiger charge is -2.21. The topological polar surface area (TPSA) is 49.8 Å². The first-order chi connectivity index (χ1) is 10.6. The van der Waals surface area contributed by atoms with E-state index in [9.17, 15) is 0 Å². The first kappa shape index (κ1) is 20.6. The Kier molecular flexibility index (Phi) is 9.38. The molecule has 1 aromatic rings. The molecule has 0 aromatic carbocycles. The zero-order chi connectivity index (χ0) is 15.9. The van der Waals surface area contributed by atoms with Crippen molar-refractivity contribution in [3.8, 4) is 0 Å². The smallest absolute Gasteiger partial charge is 0.194 e. The van der Waals surface area contributed by atoms with Gasteiger partial charge in [-0.15, -0.1) is 35.3 Å². The number of rotatable bonds is 6. The second-order valence-corrected chi connectivity index (χ2v) is 6.96. The van der Waals surface area contributed by atoms with Crippen molar-refractivity contribution in [2.24, 2.45) is 10.9 Å². The van der Waals surface area contributed by atoms with Crippen LogP contribution in [-0.4, -0.2) is 48.7 Å². The van der Waals surface area contributed by atoms with Gasteiger partial charge in [-0.2, -0.15) is 0 Å². The monoisotopic (exact) mass is 452 g/mol. The molecule has 23 heavy (non-hydrogen) atoms. The lowest BCUT2D eigenvalue weighted by atomic mass is 10.1. The van der Waals surface area contributed by atoms with Gasteiger partial charge in [0.2, 0.25) is 0 Å². The Balaban J connectivity index is 0.00000264. The third-order valence-corrected chi connectivity index (χ3v) is 4.91. The Morgan fingerprint density at radius 3 is 2.83 bits per heavy atom. The molecule has 1 aliphatic heterocycles. The summed E-state index contributed by atoms with van der Waals surface area (Å²) in [4.78, 5) is 12.9. The molecule has 5 nitrogen and oxygen atoms in total. The number of hydrogen-bond donors (Lipinski definition) is 1. The number of aromatic nitrogens is 1. The van der Waals surface area contributed by atoms with Gasteiger partial charge in [0.1, 0.15) is 0 Å². The predicted octanol–water partition coefficient (Wildman–Crippen LogP) is 3.20. The molecule has 0 saturated carbocycles. The molecule has 1 saturated heterocycles. The Morgan fingerprint density at radius 1 is 1.43 bits per heavy atom. The summed E-state index contributed by atoms with van der Waals surface area (Å²) in [5, 5.41) is 4.53. The molecule has 1 unspecified atom stereocenters. The zero-order valence-corrected chi connectivity index (χ0v) is 17.7. The number of halogens is 1. The number of nitrogens with zero attached hydrogens (tertiary/aromatic N) is 3. The maximum absolute atomic E-state index is 5.56. The minimum atomic E-state index is 0. The van der Waals surface area contributed by atoms with E-state index in [1.807, 2.05) is 0 Å². The Bertz CT molecular complexity index is 506. The molecule has 1 atom stereocenters. The second kappa shape index (κ2) is 10.5. The van der Waals surface area contributed by atoms with Crippen LogP contribution in [0.2, 0.25) is 0 Å². The van der Waals surface area contributed by atoms with E-state index in [0.29, 0.717) is 12.5 Å². The fourth-order valence-corrected chi connectivity index (χ4v) is 3.60. The molecule has 1 aliphatic rings. The van der Waals surface area contributed by atoms with Crippen LogP contribution in [0.1, 0.15) is 35.8 Å². The second-order valence-electron chi connectivity index (χ2n) is 5.67. The Hall–Kier alpha value is -0.410. The highest BCUT2D eigenvalue weighted by molar-refractivity contribution is 14.0. The predicted molar refractivity (Wildman–Crippen MR) is 108 cm³/mol. The fraction of sp³-hybridized carbons (Fsp3) is 0.750. The molecular weight excluding hydrogens is 423 g/mol. The maximum Gasteiger partial charge on any atom is 0.194 e. The van der Waals surface area contributed by atoms with Crippen molar-refractivity contribution in [3.63, 3.8) is 0 Å². The van der Waals surface area contributed by atoms with Crippen LogP contribution in [0.15, 0.2) is 4.99 Å². The summed E-state index contributed by atoms with van der Waals surface area (Å²) in [5.74, 6) is 1.64. The van der Waals surface area contributed by atoms with Crippen LogP contribution in [-0.2, 0) is 11.3 Å². The van der Waals surface area contributed by atoms with Crippen LogP contribution in [0.3, 0.4) is 0 Å². The van der Waals surface area contributed by atoms with Crippen molar-refractivity contribution in [3.05, 3.63) is 15.6 Å². The number of guanidine groups is 1. The summed E-state index contributed by atoms with van der Waals surface area (Å²) in [6.07, 6.45) is 1.18. The van der Waals surface area contributed by atoms with Crippen molar-refractivity contribution in [2.45, 2.75) is 40.7 Å². The van der Waals surface area contributed by atoms with Crippen molar-refractivity contribution >= 4 is 41.3 Å². The summed E-state index contributed by atoms with van der Waals surface area (Å²) < 4.78 is 5.56. The number of nitrogens with one attached hydrogen (secondary N) is 1. The van der Waals surface area contributed by atoms with Gasteiger partial charge in [0.25, 0.3) is 0 Å². The highest BCUT2D eigenvalue weighted by Gasteiger charge is 2.24. The minimum absolute atomic E-state index is 0. The van der Waals surface area contributed by atoms with Crippen molar-refractivity contribution in [1.29, 1.82) is 0 Å². The summed E-state index contributed by atoms with van der Waals surface area (Å²) in [5.41, 5.74) is 1.11. The molecule has 1 aromatic heterocycles. The number of aliphatic imine (C=N–C) groups is 1. The van der Waals surface area contributed by atoms with Gasteiger partial charge in [0.15, 0.2) is 5.96 Å². The summed E-state index contributed by atoms with van der Waals surface area (Å²) in [6.45, 7) is 13.6. The highest BCUT2D eigenvalue weighted by Crippen LogP contribution is 2.20. The molecule has 0 aliphatic carbocycles. The fourth-order valence-electron chi connectivity index (χ4n) is 2.74. The minimum Gasteiger partial charge on any atom is -0.381 e. The van der Waals surface area contributed by atoms with Gasteiger partial charge in [-0.05, 0) is 34.1 Å². The van der Waals surface area contributed by atoms with Gasteiger partial charge < -0.3 is 15.0 Å². The van der Waals surface area contributed by atoms with E-state index in [-0.39, 0.29) is 24.0 Å². The standard InChI is InChI=1S/C16H28N4OS.HI/c1-5-17-16(18-9-15-12(3)19-13(4)22-15)20-8-7-14(10-20)11-21-6-2;/h14H,5-11H2,1-4H3,(H,17,18);1H. The number of hydrogen-bond acceptors (Lipinski definition) is 4. The Morgan fingerprint density at radius 2 is 2.22 bits per heavy atom. The van der Waals surface area contributed by atoms with Gasteiger partial charge in [0.05, 0.1) is 23.9 Å². The highest BCUT2D eigenvalue weighted by atomic mass is 127. The molecular formula is C16H29IN4OS. The largest absolute Gasteiger partial charge is 0.381 e. The van der Waals surface area contributed by atoms with Gasteiger partial charge >= 0.3 is 0 Å². The molecule has 2 heterocycles. The van der Waals surface area contributed by atoms with Gasteiger partial charge in [-0.1, -0.05) is 0 Å². The van der Waals surface area contributed by atoms with E-state index in [1.165, 1.54) is 11.3 Å². The molecule has 2 rings (SSSR count). The first-order valence-corrected chi connectivity index (χ1v) is 8.99. The van der Waals surface area contributed by atoms with Crippen molar-refractivity contribution in [2.75, 3.05) is 32.8 Å². The van der Waals surface area contributed by atoms with E-state index < -0.39 is 0 Å². The average Bonchev–Trinajstić information content (AvgIpc) is 3.08. The first-order valence-electron chi connectivity index (χ1n) is 8.17. The molecule has 1 N–H and O–H groups in total. The Labute approximate surface area is 160 Å². The van der Waals surface area contributed by atoms with E-state index >= 15 is 0 Å². The molecule has 0 radical (unpaired) electrons. The zero-order valence-electron chi connectivity index (χ0n) is 14.6. The third kappa shape index (κ3) is 6.19. The normalized spacial score (nSPS) is 18.2. The number of ether oxygens (including phenoxy) is 1. The van der Waals surface area contributed by atoms with Crippen LogP contribution < -0.4 is 5.32 Å². The van der Waals surface area contributed by atoms with Crippen LogP contribution in [0.5, 0.6) is 0 Å². The number of thiazole rings is 1. The van der Waals surface area contributed by atoms with Crippen molar-refractivity contribution < 1.29 is 4.74 Å². The molecule has 0 bridgehead atoms. The summed E-state index contributed by atoms with van der Waals surface area (Å²) in [7, 11) is 0. The van der Waals surface area contributed by atoms with Crippen molar-refractivity contribution in [1.82, 2.24) is 15.2 Å². The number of likely N-dealkylation sites (tertiary alicyclic amines) is 1. The van der Waals surface area contributed by atoms with Gasteiger partial charge in [-0.3, -0.25) is 0 Å². The van der Waals surface area contributed by atoms with E-state index in [4.69, 9.17) is 9.73 Å². The summed E-state index contributed by atoms with van der Waals surface area (Å²) in [6, 6.07) is 0. The van der Waals surface area contributed by atoms with Crippen LogP contribution in [0.4, 0.5) is 0 Å². The lowest BCUT2D eigenvalue weighted by molar-refractivity contribution is 0.114. The van der Waals surface area contributed by atoms with Crippen LogP contribution >= 0.6 is 35.3 Å². The third-order valence-electron chi connectivity index (χ3n) is 3.85. The molecule has 7 heteroatoms. The SMILES string of the molecule is CCNC(=NCc1sc(C)nc1C)N1CCC(COCC)C1.I. The van der Waals surface area contributed by atoms with E-state index in [1.54, 1.807) is 11.3 Å². The van der Waals surface area contributed by atoms with E-state index in [2.05, 4.69) is 42.9 Å². The molecule has 132 valence electrons. The van der Waals surface area contributed by atoms with Crippen LogP contribution in [0.25, 0.3) is 0 Å². The average molecular weight is 452 g/mol. The summed E-state index contributed by atoms with van der Waals surface area (Å²) >= 11 is 1.74.